The maximum Gasteiger partial charge on any atom is 0.419 e. The third-order valence-corrected chi connectivity index (χ3v) is 7.49. The van der Waals surface area contributed by atoms with Crippen LogP contribution >= 0.6 is 0 Å². The summed E-state index contributed by atoms with van der Waals surface area (Å²) in [5.74, 6) is -1.46. The van der Waals surface area contributed by atoms with Crippen LogP contribution < -0.4 is 31.1 Å². The number of carbonyl (C=O) groups is 1. The van der Waals surface area contributed by atoms with Gasteiger partial charge in [0.25, 0.3) is 20.9 Å². The summed E-state index contributed by atoms with van der Waals surface area (Å²) < 4.78 is 79.7. The molecule has 0 spiro atoms. The van der Waals surface area contributed by atoms with Crippen molar-refractivity contribution >= 4 is 33.1 Å². The zero-order chi connectivity index (χ0) is 27.8. The van der Waals surface area contributed by atoms with Crippen LogP contribution in [0.5, 0.6) is 0 Å². The highest BCUT2D eigenvalue weighted by Crippen LogP contribution is 2.33. The van der Waals surface area contributed by atoms with Crippen LogP contribution in [0, 0.1) is 12.7 Å². The highest BCUT2D eigenvalue weighted by Gasteiger charge is 2.35. The molecule has 3 aromatic carbocycles. The molecular weight excluding hydrogens is 532 g/mol. The number of aryl methyl sites for hydroxylation is 1. The molecule has 0 saturated carbocycles. The third kappa shape index (κ3) is 5.64. The van der Waals surface area contributed by atoms with Crippen LogP contribution in [0.1, 0.15) is 24.0 Å². The molecule has 1 saturated heterocycles. The normalized spacial score (nSPS) is 14.9. The highest BCUT2D eigenvalue weighted by atomic mass is 32.2. The number of anilines is 3. The lowest BCUT2D eigenvalue weighted by Gasteiger charge is -2.35. The molecule has 0 atom stereocenters. The van der Waals surface area contributed by atoms with Crippen molar-refractivity contribution in [2.45, 2.75) is 36.9 Å². The van der Waals surface area contributed by atoms with E-state index >= 15 is 0 Å². The van der Waals surface area contributed by atoms with Gasteiger partial charge >= 0.3 is 12.2 Å². The highest BCUT2D eigenvalue weighted by molar-refractivity contribution is 7.92. The number of hydrogen-bond acceptors (Lipinski definition) is 6. The van der Waals surface area contributed by atoms with E-state index in [-0.39, 0.29) is 35.0 Å². The second-order valence-electron chi connectivity index (χ2n) is 8.85. The molecule has 1 aliphatic rings. The molecule has 0 aromatic heterocycles. The van der Waals surface area contributed by atoms with Crippen LogP contribution in [-0.2, 0) is 16.2 Å². The molecule has 0 unspecified atom stereocenters. The van der Waals surface area contributed by atoms with Gasteiger partial charge in [0.05, 0.1) is 10.5 Å². The number of hydrogen-bond donors (Lipinski definition) is 3. The first-order valence-electron chi connectivity index (χ1n) is 11.4. The summed E-state index contributed by atoms with van der Waals surface area (Å²) in [4.78, 5) is 38.1. The van der Waals surface area contributed by atoms with Gasteiger partial charge < -0.3 is 15.5 Å². The molecule has 9 nitrogen and oxygen atoms in total. The van der Waals surface area contributed by atoms with Crippen molar-refractivity contribution in [2.75, 3.05) is 28.0 Å². The van der Waals surface area contributed by atoms with Crippen LogP contribution in [0.3, 0.4) is 0 Å². The fourth-order valence-electron chi connectivity index (χ4n) is 4.11. The minimum atomic E-state index is -4.92. The Morgan fingerprint density at radius 1 is 1.00 bits per heavy atom. The Morgan fingerprint density at radius 2 is 1.63 bits per heavy atom. The third-order valence-electron chi connectivity index (χ3n) is 6.13. The van der Waals surface area contributed by atoms with Crippen LogP contribution in [-0.4, -0.2) is 33.6 Å². The number of carbonyl (C=O) groups excluding carboxylic acids is 1. The largest absolute Gasteiger partial charge is 0.419 e. The van der Waals surface area contributed by atoms with Gasteiger partial charge in [-0.2, -0.15) is 13.2 Å². The Kier molecular flexibility index (Phi) is 7.19. The molecule has 1 fully saturated rings. The lowest BCUT2D eigenvalue weighted by molar-refractivity contribution is -0.139. The summed E-state index contributed by atoms with van der Waals surface area (Å²) in [7, 11) is -4.10. The second kappa shape index (κ2) is 10.1. The number of rotatable bonds is 6. The average molecular weight is 555 g/mol. The number of halogens is 4. The van der Waals surface area contributed by atoms with Crippen LogP contribution in [0.15, 0.2) is 56.9 Å². The van der Waals surface area contributed by atoms with E-state index in [1.807, 2.05) is 0 Å². The van der Waals surface area contributed by atoms with Gasteiger partial charge in [0.1, 0.15) is 17.2 Å². The van der Waals surface area contributed by atoms with Crippen molar-refractivity contribution in [2.24, 2.45) is 0 Å². The van der Waals surface area contributed by atoms with E-state index in [4.69, 9.17) is 0 Å². The number of nitrogens with zero attached hydrogens (tertiary/aromatic N) is 1. The van der Waals surface area contributed by atoms with Crippen molar-refractivity contribution in [3.63, 3.8) is 0 Å². The topological polar surface area (TPSA) is 125 Å². The molecule has 1 aliphatic heterocycles. The summed E-state index contributed by atoms with van der Waals surface area (Å²) in [6, 6.07) is 6.80. The summed E-state index contributed by atoms with van der Waals surface area (Å²) >= 11 is 0. The van der Waals surface area contributed by atoms with E-state index in [9.17, 15) is 40.4 Å². The quantitative estimate of drug-likeness (QED) is 0.317. The predicted octanol–water partition coefficient (Wildman–Crippen LogP) is 3.34. The van der Waals surface area contributed by atoms with Crippen molar-refractivity contribution in [3.05, 3.63) is 79.9 Å². The molecule has 3 N–H and O–H groups in total. The first-order chi connectivity index (χ1) is 17.8. The molecule has 0 radical (unpaired) electrons. The van der Waals surface area contributed by atoms with Crippen molar-refractivity contribution < 1.29 is 30.8 Å². The Bertz CT molecular complexity index is 1540. The smallest absolute Gasteiger partial charge is 0.366 e. The minimum absolute atomic E-state index is 0.0559. The van der Waals surface area contributed by atoms with Gasteiger partial charge in [0.2, 0.25) is 0 Å². The van der Waals surface area contributed by atoms with Crippen LogP contribution in [0.2, 0.25) is 0 Å². The minimum Gasteiger partial charge on any atom is -0.366 e. The van der Waals surface area contributed by atoms with Gasteiger partial charge in [-0.25, -0.2) is 17.6 Å². The SMILES string of the molecule is Cc1ccc(S(=O)(=O)Nc2c(N3CCC(NC(=O)Nc4ccc(F)c(C(F)(F)F)c4)CC3)c(=O)c2=O)cc1. The molecule has 1 heterocycles. The molecule has 4 rings (SSSR count). The maximum absolute atomic E-state index is 13.4. The Hall–Kier alpha value is -3.94. The number of amides is 2. The molecular formula is C24H22F4N4O5S. The Morgan fingerprint density at radius 3 is 2.24 bits per heavy atom. The first-order valence-corrected chi connectivity index (χ1v) is 12.9. The fraction of sp³-hybridized carbons (Fsp3) is 0.292. The number of nitrogens with one attached hydrogen (secondary N) is 3. The zero-order valence-electron chi connectivity index (χ0n) is 19.9. The number of benzene rings is 2. The van der Waals surface area contributed by atoms with Crippen LogP contribution in [0.4, 0.5) is 39.4 Å². The molecule has 202 valence electrons. The van der Waals surface area contributed by atoms with Gasteiger partial charge in [-0.15, -0.1) is 0 Å². The lowest BCUT2D eigenvalue weighted by atomic mass is 10.0. The molecule has 0 bridgehead atoms. The Labute approximate surface area is 214 Å². The summed E-state index contributed by atoms with van der Waals surface area (Å²) in [6.07, 6.45) is -4.32. The molecule has 0 aliphatic carbocycles. The first kappa shape index (κ1) is 27.1. The molecule has 3 aromatic rings. The van der Waals surface area contributed by atoms with E-state index in [1.165, 1.54) is 12.1 Å². The van der Waals surface area contributed by atoms with E-state index in [0.29, 0.717) is 25.0 Å². The summed E-state index contributed by atoms with van der Waals surface area (Å²) in [5, 5.41) is 4.83. The second-order valence-corrected chi connectivity index (χ2v) is 10.5. The Balaban J connectivity index is 1.37. The lowest BCUT2D eigenvalue weighted by Crippen LogP contribution is -2.50. The maximum atomic E-state index is 13.4. The van der Waals surface area contributed by atoms with Gasteiger partial charge in [-0.1, -0.05) is 17.7 Å². The van der Waals surface area contributed by atoms with Gasteiger partial charge in [0.15, 0.2) is 0 Å². The number of alkyl halides is 3. The number of piperidine rings is 1. The van der Waals surface area contributed by atoms with E-state index in [1.54, 1.807) is 24.0 Å². The van der Waals surface area contributed by atoms with Crippen LogP contribution in [0.25, 0.3) is 0 Å². The van der Waals surface area contributed by atoms with E-state index in [2.05, 4.69) is 15.4 Å². The van der Waals surface area contributed by atoms with Crippen molar-refractivity contribution in [1.29, 1.82) is 0 Å². The predicted molar refractivity (Wildman–Crippen MR) is 132 cm³/mol. The van der Waals surface area contributed by atoms with E-state index < -0.39 is 50.5 Å². The monoisotopic (exact) mass is 554 g/mol. The molecule has 2 amide bonds. The van der Waals surface area contributed by atoms with Gasteiger partial charge in [0, 0.05) is 24.8 Å². The number of urea groups is 1. The average Bonchev–Trinajstić information content (AvgIpc) is 2.85. The van der Waals surface area contributed by atoms with E-state index in [0.717, 1.165) is 11.6 Å². The van der Waals surface area contributed by atoms with Gasteiger partial charge in [-0.05, 0) is 50.1 Å². The summed E-state index contributed by atoms with van der Waals surface area (Å²) in [5.41, 5.74) is -3.07. The zero-order valence-corrected chi connectivity index (χ0v) is 20.7. The summed E-state index contributed by atoms with van der Waals surface area (Å²) in [6.45, 7) is 2.18. The standard InChI is InChI=1S/C24H22F4N4O5S/c1-13-2-5-16(6-3-13)38(36,37)31-19-20(22(34)21(19)33)32-10-8-14(9-11-32)29-23(35)30-15-4-7-18(25)17(12-15)24(26,27)28/h2-7,12,14,31H,8-11H2,1H3,(H2,29,30,35). The molecule has 38 heavy (non-hydrogen) atoms. The van der Waals surface area contributed by atoms with Gasteiger partial charge in [-0.3, -0.25) is 14.3 Å². The number of sulfonamides is 1. The van der Waals surface area contributed by atoms with Crippen molar-refractivity contribution in [3.8, 4) is 0 Å². The fourth-order valence-corrected chi connectivity index (χ4v) is 5.18. The molecule has 14 heteroatoms. The van der Waals surface area contributed by atoms with Crippen molar-refractivity contribution in [1.82, 2.24) is 5.32 Å².